The highest BCUT2D eigenvalue weighted by molar-refractivity contribution is 5.36. The van der Waals surface area contributed by atoms with E-state index in [1.54, 1.807) is 12.1 Å². The fraction of sp³-hybridized carbons (Fsp3) is 0.294. The summed E-state index contributed by atoms with van der Waals surface area (Å²) in [5, 5.41) is 0. The molecule has 0 saturated carbocycles. The van der Waals surface area contributed by atoms with Crippen molar-refractivity contribution in [1.29, 1.82) is 0 Å². The van der Waals surface area contributed by atoms with E-state index in [2.05, 4.69) is 6.07 Å². The Labute approximate surface area is 123 Å². The largest absolute Gasteiger partial charge is 0.494 e. The van der Waals surface area contributed by atoms with Crippen LogP contribution >= 0.6 is 0 Å². The quantitative estimate of drug-likeness (QED) is 0.943. The average molecular weight is 287 g/mol. The van der Waals surface area contributed by atoms with E-state index in [9.17, 15) is 4.39 Å². The molecule has 0 aliphatic carbocycles. The third-order valence-corrected chi connectivity index (χ3v) is 3.92. The van der Waals surface area contributed by atoms with Gasteiger partial charge in [-0.3, -0.25) is 0 Å². The number of ether oxygens (including phenoxy) is 2. The zero-order valence-corrected chi connectivity index (χ0v) is 11.9. The molecule has 21 heavy (non-hydrogen) atoms. The smallest absolute Gasteiger partial charge is 0.165 e. The van der Waals surface area contributed by atoms with Gasteiger partial charge in [-0.15, -0.1) is 0 Å². The number of hydrogen-bond acceptors (Lipinski definition) is 3. The second kappa shape index (κ2) is 5.84. The lowest BCUT2D eigenvalue weighted by atomic mass is 9.90. The molecule has 2 atom stereocenters. The Morgan fingerprint density at radius 3 is 2.86 bits per heavy atom. The van der Waals surface area contributed by atoms with Gasteiger partial charge in [-0.05, 0) is 35.2 Å². The normalized spacial score (nSPS) is 18.9. The predicted octanol–water partition coefficient (Wildman–Crippen LogP) is 3.15. The van der Waals surface area contributed by atoms with Gasteiger partial charge >= 0.3 is 0 Å². The summed E-state index contributed by atoms with van der Waals surface area (Å²) in [7, 11) is 1.44. The van der Waals surface area contributed by atoms with E-state index in [0.29, 0.717) is 12.2 Å². The number of halogens is 1. The van der Waals surface area contributed by atoms with Crippen molar-refractivity contribution < 1.29 is 13.9 Å². The maximum atomic E-state index is 13.9. The Balaban J connectivity index is 1.92. The van der Waals surface area contributed by atoms with Crippen LogP contribution in [0.1, 0.15) is 28.8 Å². The molecule has 2 aromatic rings. The van der Waals surface area contributed by atoms with E-state index in [0.717, 1.165) is 12.0 Å². The first-order chi connectivity index (χ1) is 10.2. The standard InChI is InChI=1S/C17H18FNO2/c1-20-15-7-6-12(10-14(15)18)16(19)17-13-5-3-2-4-11(13)8-9-21-17/h2-7,10,16-17H,8-9,19H2,1H3. The van der Waals surface area contributed by atoms with Gasteiger partial charge in [-0.25, -0.2) is 4.39 Å². The predicted molar refractivity (Wildman–Crippen MR) is 78.7 cm³/mol. The van der Waals surface area contributed by atoms with Crippen LogP contribution in [0.15, 0.2) is 42.5 Å². The molecule has 4 heteroatoms. The monoisotopic (exact) mass is 287 g/mol. The maximum Gasteiger partial charge on any atom is 0.165 e. The number of fused-ring (bicyclic) bond motifs is 1. The molecular formula is C17H18FNO2. The van der Waals surface area contributed by atoms with Crippen LogP contribution in [0.5, 0.6) is 5.75 Å². The van der Waals surface area contributed by atoms with Gasteiger partial charge in [0.1, 0.15) is 6.10 Å². The van der Waals surface area contributed by atoms with Crippen molar-refractivity contribution in [3.8, 4) is 5.75 Å². The van der Waals surface area contributed by atoms with Crippen LogP contribution in [0.4, 0.5) is 4.39 Å². The SMILES string of the molecule is COc1ccc(C(N)C2OCCc3ccccc32)cc1F. The molecule has 0 spiro atoms. The van der Waals surface area contributed by atoms with Crippen molar-refractivity contribution in [2.45, 2.75) is 18.6 Å². The average Bonchev–Trinajstić information content (AvgIpc) is 2.53. The minimum Gasteiger partial charge on any atom is -0.494 e. The van der Waals surface area contributed by atoms with E-state index < -0.39 is 11.9 Å². The molecule has 2 unspecified atom stereocenters. The van der Waals surface area contributed by atoms with Crippen molar-refractivity contribution in [2.75, 3.05) is 13.7 Å². The minimum atomic E-state index is -0.410. The first kappa shape index (κ1) is 14.0. The van der Waals surface area contributed by atoms with Gasteiger partial charge in [0.15, 0.2) is 11.6 Å². The van der Waals surface area contributed by atoms with E-state index in [1.165, 1.54) is 18.7 Å². The number of methoxy groups -OCH3 is 1. The summed E-state index contributed by atoms with van der Waals surface area (Å²) in [4.78, 5) is 0. The van der Waals surface area contributed by atoms with Crippen molar-refractivity contribution in [2.24, 2.45) is 5.73 Å². The van der Waals surface area contributed by atoms with Crippen LogP contribution in [0.3, 0.4) is 0 Å². The Hall–Kier alpha value is -1.91. The summed E-state index contributed by atoms with van der Waals surface area (Å²) >= 11 is 0. The van der Waals surface area contributed by atoms with Crippen LogP contribution in [-0.4, -0.2) is 13.7 Å². The van der Waals surface area contributed by atoms with Crippen LogP contribution in [-0.2, 0) is 11.2 Å². The first-order valence-electron chi connectivity index (χ1n) is 6.99. The molecule has 0 amide bonds. The van der Waals surface area contributed by atoms with Gasteiger partial charge in [-0.2, -0.15) is 0 Å². The molecule has 2 aromatic carbocycles. The zero-order valence-electron chi connectivity index (χ0n) is 11.9. The van der Waals surface area contributed by atoms with Crippen LogP contribution in [0, 0.1) is 5.82 Å². The molecule has 2 N–H and O–H groups in total. The summed E-state index contributed by atoms with van der Waals surface area (Å²) in [6.45, 7) is 0.633. The first-order valence-corrected chi connectivity index (χ1v) is 6.99. The van der Waals surface area contributed by atoms with Gasteiger partial charge in [-0.1, -0.05) is 30.3 Å². The molecule has 1 heterocycles. The van der Waals surface area contributed by atoms with Crippen LogP contribution < -0.4 is 10.5 Å². The highest BCUT2D eigenvalue weighted by Crippen LogP contribution is 2.36. The van der Waals surface area contributed by atoms with Crippen LogP contribution in [0.2, 0.25) is 0 Å². The third kappa shape index (κ3) is 2.64. The molecule has 0 radical (unpaired) electrons. The van der Waals surface area contributed by atoms with Gasteiger partial charge < -0.3 is 15.2 Å². The summed E-state index contributed by atoms with van der Waals surface area (Å²) in [6, 6.07) is 12.5. The fourth-order valence-corrected chi connectivity index (χ4v) is 2.79. The second-order valence-corrected chi connectivity index (χ2v) is 5.16. The lowest BCUT2D eigenvalue weighted by molar-refractivity contribution is 0.0240. The Morgan fingerprint density at radius 2 is 2.10 bits per heavy atom. The van der Waals surface area contributed by atoms with Crippen molar-refractivity contribution in [3.63, 3.8) is 0 Å². The molecule has 1 aliphatic rings. The molecule has 0 aromatic heterocycles. The molecule has 0 bridgehead atoms. The number of nitrogens with two attached hydrogens (primary N) is 1. The summed E-state index contributed by atoms with van der Waals surface area (Å²) < 4.78 is 24.6. The van der Waals surface area contributed by atoms with Gasteiger partial charge in [0.2, 0.25) is 0 Å². The Morgan fingerprint density at radius 1 is 1.29 bits per heavy atom. The molecule has 110 valence electrons. The van der Waals surface area contributed by atoms with Crippen LogP contribution in [0.25, 0.3) is 0 Å². The lowest BCUT2D eigenvalue weighted by Gasteiger charge is -2.30. The highest BCUT2D eigenvalue weighted by Gasteiger charge is 2.27. The summed E-state index contributed by atoms with van der Waals surface area (Å²) in [5.74, 6) is -0.189. The molecular weight excluding hydrogens is 269 g/mol. The minimum absolute atomic E-state index is 0.218. The topological polar surface area (TPSA) is 44.5 Å². The molecule has 0 fully saturated rings. The van der Waals surface area contributed by atoms with Gasteiger partial charge in [0, 0.05) is 0 Å². The number of hydrogen-bond donors (Lipinski definition) is 1. The molecule has 3 nitrogen and oxygen atoms in total. The molecule has 0 saturated heterocycles. The van der Waals surface area contributed by atoms with E-state index in [1.807, 2.05) is 18.2 Å². The van der Waals surface area contributed by atoms with Gasteiger partial charge in [0.25, 0.3) is 0 Å². The van der Waals surface area contributed by atoms with E-state index in [-0.39, 0.29) is 11.9 Å². The van der Waals surface area contributed by atoms with Crippen molar-refractivity contribution >= 4 is 0 Å². The number of rotatable bonds is 3. The third-order valence-electron chi connectivity index (χ3n) is 3.92. The summed E-state index contributed by atoms with van der Waals surface area (Å²) in [6.07, 6.45) is 0.638. The van der Waals surface area contributed by atoms with Crippen molar-refractivity contribution in [3.05, 3.63) is 65.0 Å². The Kier molecular flexibility index (Phi) is 3.90. The highest BCUT2D eigenvalue weighted by atomic mass is 19.1. The van der Waals surface area contributed by atoms with Gasteiger partial charge in [0.05, 0.1) is 19.8 Å². The Bertz CT molecular complexity index is 644. The summed E-state index contributed by atoms with van der Waals surface area (Å²) in [5.41, 5.74) is 9.35. The second-order valence-electron chi connectivity index (χ2n) is 5.16. The lowest BCUT2D eigenvalue weighted by Crippen LogP contribution is -2.27. The van der Waals surface area contributed by atoms with E-state index >= 15 is 0 Å². The maximum absolute atomic E-state index is 13.9. The number of benzene rings is 2. The zero-order chi connectivity index (χ0) is 14.8. The fourth-order valence-electron chi connectivity index (χ4n) is 2.79. The molecule has 1 aliphatic heterocycles. The molecule has 3 rings (SSSR count). The van der Waals surface area contributed by atoms with E-state index in [4.69, 9.17) is 15.2 Å². The van der Waals surface area contributed by atoms with Crippen molar-refractivity contribution in [1.82, 2.24) is 0 Å².